The van der Waals surface area contributed by atoms with Gasteiger partial charge in [0, 0.05) is 11.4 Å². The molecule has 2 aromatic heterocycles. The highest BCUT2D eigenvalue weighted by molar-refractivity contribution is 7.91. The highest BCUT2D eigenvalue weighted by Crippen LogP contribution is 2.20. The van der Waals surface area contributed by atoms with Crippen LogP contribution in [-0.2, 0) is 14.6 Å². The number of hydrogen-bond donors (Lipinski definition) is 1. The van der Waals surface area contributed by atoms with E-state index in [-0.39, 0.29) is 35.4 Å². The minimum atomic E-state index is -3.47. The molecule has 0 saturated carbocycles. The molecule has 8 nitrogen and oxygen atoms in total. The quantitative estimate of drug-likeness (QED) is 0.653. The zero-order chi connectivity index (χ0) is 18.6. The molecule has 0 fully saturated rings. The van der Waals surface area contributed by atoms with E-state index in [2.05, 4.69) is 15.5 Å². The van der Waals surface area contributed by atoms with Gasteiger partial charge in [-0.15, -0.1) is 5.10 Å². The van der Waals surface area contributed by atoms with Crippen molar-refractivity contribution in [3.63, 3.8) is 0 Å². The van der Waals surface area contributed by atoms with Gasteiger partial charge in [0.2, 0.25) is 5.91 Å². The molecule has 0 atom stereocenters. The minimum absolute atomic E-state index is 0.00865. The second-order valence-electron chi connectivity index (χ2n) is 5.31. The summed E-state index contributed by atoms with van der Waals surface area (Å²) in [5, 5.41) is 10.3. The Labute approximate surface area is 154 Å². The molecule has 3 aromatic rings. The second-order valence-corrected chi connectivity index (χ2v) is 7.86. The van der Waals surface area contributed by atoms with Gasteiger partial charge in [-0.1, -0.05) is 16.7 Å². The summed E-state index contributed by atoms with van der Waals surface area (Å²) in [7, 11) is -3.47. The number of nitrogens with zero attached hydrogens (tertiary/aromatic N) is 2. The van der Waals surface area contributed by atoms with Gasteiger partial charge in [0.25, 0.3) is 5.89 Å². The van der Waals surface area contributed by atoms with Crippen LogP contribution in [0.5, 0.6) is 0 Å². The van der Waals surface area contributed by atoms with Crippen molar-refractivity contribution in [2.45, 2.75) is 17.7 Å². The van der Waals surface area contributed by atoms with Gasteiger partial charge < -0.3 is 8.83 Å². The van der Waals surface area contributed by atoms with Crippen LogP contribution in [0.4, 0.5) is 6.01 Å². The van der Waals surface area contributed by atoms with Crippen molar-refractivity contribution in [1.82, 2.24) is 10.2 Å². The fraction of sp³-hybridized carbons (Fsp3) is 0.188. The lowest BCUT2D eigenvalue weighted by Crippen LogP contribution is -2.14. The van der Waals surface area contributed by atoms with Crippen molar-refractivity contribution in [3.05, 3.63) is 47.7 Å². The molecule has 0 saturated heterocycles. The number of amides is 1. The molecule has 0 unspecified atom stereocenters. The van der Waals surface area contributed by atoms with Gasteiger partial charge in [0.1, 0.15) is 0 Å². The SMILES string of the molecule is O=C(CCCS(=O)(=O)c1ccc(Cl)cc1)Nc1nnc(-c2ccco2)o1. The molecule has 136 valence electrons. The Balaban J connectivity index is 1.50. The summed E-state index contributed by atoms with van der Waals surface area (Å²) in [6, 6.07) is 9.11. The van der Waals surface area contributed by atoms with E-state index >= 15 is 0 Å². The maximum absolute atomic E-state index is 12.2. The number of carbonyl (C=O) groups is 1. The van der Waals surface area contributed by atoms with Crippen LogP contribution in [0.3, 0.4) is 0 Å². The molecular weight excluding hydrogens is 382 g/mol. The van der Waals surface area contributed by atoms with Crippen LogP contribution < -0.4 is 5.32 Å². The summed E-state index contributed by atoms with van der Waals surface area (Å²) in [4.78, 5) is 12.1. The molecule has 0 radical (unpaired) electrons. The van der Waals surface area contributed by atoms with Gasteiger partial charge in [-0.3, -0.25) is 10.1 Å². The second kappa shape index (κ2) is 7.71. The molecule has 0 bridgehead atoms. The molecule has 1 N–H and O–H groups in total. The van der Waals surface area contributed by atoms with Gasteiger partial charge in [-0.2, -0.15) is 0 Å². The van der Waals surface area contributed by atoms with Crippen LogP contribution in [0.25, 0.3) is 11.7 Å². The van der Waals surface area contributed by atoms with Gasteiger partial charge in [0.15, 0.2) is 15.6 Å². The number of sulfone groups is 1. The van der Waals surface area contributed by atoms with Crippen LogP contribution in [0, 0.1) is 0 Å². The van der Waals surface area contributed by atoms with Crippen molar-refractivity contribution < 1.29 is 22.0 Å². The Morgan fingerprint density at radius 2 is 1.92 bits per heavy atom. The number of benzene rings is 1. The molecular formula is C16H14ClN3O5S. The normalized spacial score (nSPS) is 11.4. The molecule has 1 aromatic carbocycles. The highest BCUT2D eigenvalue weighted by atomic mass is 35.5. The van der Waals surface area contributed by atoms with Gasteiger partial charge >= 0.3 is 6.01 Å². The summed E-state index contributed by atoms with van der Waals surface area (Å²) in [6.45, 7) is 0. The zero-order valence-electron chi connectivity index (χ0n) is 13.4. The third-order valence-corrected chi connectivity index (χ3v) is 5.46. The molecule has 0 aliphatic carbocycles. The third kappa shape index (κ3) is 4.50. The number of aromatic nitrogens is 2. The van der Waals surface area contributed by atoms with E-state index in [1.807, 2.05) is 0 Å². The number of carbonyl (C=O) groups excluding carboxylic acids is 1. The number of anilines is 1. The monoisotopic (exact) mass is 395 g/mol. The Bertz CT molecular complexity index is 981. The highest BCUT2D eigenvalue weighted by Gasteiger charge is 2.16. The predicted molar refractivity (Wildman–Crippen MR) is 93.4 cm³/mol. The van der Waals surface area contributed by atoms with Crippen molar-refractivity contribution in [2.75, 3.05) is 11.1 Å². The number of nitrogens with one attached hydrogen (secondary N) is 1. The average molecular weight is 396 g/mol. The summed E-state index contributed by atoms with van der Waals surface area (Å²) in [6.07, 6.45) is 1.60. The summed E-state index contributed by atoms with van der Waals surface area (Å²) >= 11 is 5.75. The predicted octanol–water partition coefficient (Wildman–Crippen LogP) is 3.18. The largest absolute Gasteiger partial charge is 0.459 e. The molecule has 3 rings (SSSR count). The molecule has 10 heteroatoms. The summed E-state index contributed by atoms with van der Waals surface area (Å²) < 4.78 is 34.7. The number of halogens is 1. The maximum Gasteiger partial charge on any atom is 0.322 e. The van der Waals surface area contributed by atoms with Crippen LogP contribution in [0.15, 0.2) is 56.4 Å². The fourth-order valence-corrected chi connectivity index (χ4v) is 3.57. The Morgan fingerprint density at radius 1 is 1.15 bits per heavy atom. The first kappa shape index (κ1) is 18.2. The van der Waals surface area contributed by atoms with Gasteiger partial charge in [-0.05, 0) is 42.8 Å². The standard InChI is InChI=1S/C16H14ClN3O5S/c17-11-5-7-12(8-6-11)26(22,23)10-2-4-14(21)18-16-20-19-15(25-16)13-3-1-9-24-13/h1,3,5-9H,2,4,10H2,(H,18,20,21). The molecule has 26 heavy (non-hydrogen) atoms. The molecule has 0 aliphatic rings. The fourth-order valence-electron chi connectivity index (χ4n) is 2.14. The van der Waals surface area contributed by atoms with Crippen LogP contribution >= 0.6 is 11.6 Å². The Kier molecular flexibility index (Phi) is 5.38. The van der Waals surface area contributed by atoms with Crippen molar-refractivity contribution in [2.24, 2.45) is 0 Å². The van der Waals surface area contributed by atoms with E-state index in [9.17, 15) is 13.2 Å². The summed E-state index contributed by atoms with van der Waals surface area (Å²) in [5.74, 6) is -0.0718. The van der Waals surface area contributed by atoms with Crippen molar-refractivity contribution >= 4 is 33.4 Å². The molecule has 0 spiro atoms. The van der Waals surface area contributed by atoms with E-state index in [0.29, 0.717) is 10.8 Å². The van der Waals surface area contributed by atoms with E-state index in [0.717, 1.165) is 0 Å². The van der Waals surface area contributed by atoms with E-state index in [4.69, 9.17) is 20.4 Å². The smallest absolute Gasteiger partial charge is 0.322 e. The average Bonchev–Trinajstić information content (AvgIpc) is 3.26. The Hall–Kier alpha value is -2.65. The Morgan fingerprint density at radius 3 is 2.62 bits per heavy atom. The van der Waals surface area contributed by atoms with E-state index in [1.54, 1.807) is 12.1 Å². The lowest BCUT2D eigenvalue weighted by atomic mass is 10.3. The molecule has 1 amide bonds. The first-order valence-corrected chi connectivity index (χ1v) is 9.63. The van der Waals surface area contributed by atoms with Gasteiger partial charge in [-0.25, -0.2) is 8.42 Å². The molecule has 0 aliphatic heterocycles. The lowest BCUT2D eigenvalue weighted by molar-refractivity contribution is -0.116. The van der Waals surface area contributed by atoms with E-state index in [1.165, 1.54) is 30.5 Å². The number of hydrogen-bond acceptors (Lipinski definition) is 7. The van der Waals surface area contributed by atoms with Crippen LogP contribution in [-0.4, -0.2) is 30.3 Å². The van der Waals surface area contributed by atoms with Crippen LogP contribution in [0.1, 0.15) is 12.8 Å². The summed E-state index contributed by atoms with van der Waals surface area (Å²) in [5.41, 5.74) is 0. The number of rotatable bonds is 7. The zero-order valence-corrected chi connectivity index (χ0v) is 15.0. The first-order valence-electron chi connectivity index (χ1n) is 7.59. The molecule has 2 heterocycles. The van der Waals surface area contributed by atoms with Crippen molar-refractivity contribution in [3.8, 4) is 11.7 Å². The first-order chi connectivity index (χ1) is 12.4. The third-order valence-electron chi connectivity index (χ3n) is 3.39. The van der Waals surface area contributed by atoms with Gasteiger partial charge in [0.05, 0.1) is 16.9 Å². The van der Waals surface area contributed by atoms with Crippen LogP contribution in [0.2, 0.25) is 5.02 Å². The van der Waals surface area contributed by atoms with Crippen molar-refractivity contribution in [1.29, 1.82) is 0 Å². The van der Waals surface area contributed by atoms with E-state index < -0.39 is 15.7 Å². The number of furan rings is 1. The maximum atomic E-state index is 12.2. The lowest BCUT2D eigenvalue weighted by Gasteiger charge is -2.04. The topological polar surface area (TPSA) is 115 Å². The minimum Gasteiger partial charge on any atom is -0.459 e.